The van der Waals surface area contributed by atoms with Gasteiger partial charge in [-0.15, -0.1) is 0 Å². The second kappa shape index (κ2) is 6.18. The molecule has 1 heterocycles. The van der Waals surface area contributed by atoms with Gasteiger partial charge in [-0.1, -0.05) is 12.1 Å². The lowest BCUT2D eigenvalue weighted by Crippen LogP contribution is -2.37. The average Bonchev–Trinajstić information content (AvgIpc) is 2.48. The first-order valence-corrected chi connectivity index (χ1v) is 6.53. The Bertz CT molecular complexity index is 601. The van der Waals surface area contributed by atoms with Gasteiger partial charge in [0.2, 0.25) is 0 Å². The van der Waals surface area contributed by atoms with Crippen LogP contribution in [0.15, 0.2) is 48.7 Å². The largest absolute Gasteiger partial charge is 0.364 e. The molecule has 0 spiro atoms. The summed E-state index contributed by atoms with van der Waals surface area (Å²) >= 11 is 0. The normalized spacial score (nSPS) is 13.3. The lowest BCUT2D eigenvalue weighted by Gasteiger charge is -2.32. The third-order valence-corrected chi connectivity index (χ3v) is 3.29. The van der Waals surface area contributed by atoms with Crippen molar-refractivity contribution in [2.24, 2.45) is 5.73 Å². The van der Waals surface area contributed by atoms with E-state index in [-0.39, 0.29) is 12.1 Å². The SMILES string of the molecule is CC(N)C(c1ccccn1)N(C)c1cccc(C#N)c1. The van der Waals surface area contributed by atoms with Crippen molar-refractivity contribution in [2.75, 3.05) is 11.9 Å². The molecule has 0 fully saturated rings. The summed E-state index contributed by atoms with van der Waals surface area (Å²) in [5.74, 6) is 0. The molecule has 0 radical (unpaired) electrons. The summed E-state index contributed by atoms with van der Waals surface area (Å²) in [5, 5.41) is 9.00. The Morgan fingerprint density at radius 2 is 2.05 bits per heavy atom. The molecule has 0 aliphatic carbocycles. The highest BCUT2D eigenvalue weighted by molar-refractivity contribution is 5.52. The zero-order valence-electron chi connectivity index (χ0n) is 11.7. The van der Waals surface area contributed by atoms with Gasteiger partial charge in [-0.2, -0.15) is 5.26 Å². The van der Waals surface area contributed by atoms with Crippen molar-refractivity contribution in [2.45, 2.75) is 19.0 Å². The van der Waals surface area contributed by atoms with Crippen LogP contribution in [0.4, 0.5) is 5.69 Å². The van der Waals surface area contributed by atoms with Crippen LogP contribution in [0.5, 0.6) is 0 Å². The number of nitriles is 1. The predicted octanol–water partition coefficient (Wildman–Crippen LogP) is 2.48. The van der Waals surface area contributed by atoms with E-state index in [9.17, 15) is 0 Å². The fourth-order valence-electron chi connectivity index (χ4n) is 2.33. The second-order valence-electron chi connectivity index (χ2n) is 4.83. The first-order chi connectivity index (χ1) is 9.63. The molecule has 2 aromatic rings. The molecule has 0 bridgehead atoms. The highest BCUT2D eigenvalue weighted by atomic mass is 15.2. The number of aromatic nitrogens is 1. The van der Waals surface area contributed by atoms with E-state index in [4.69, 9.17) is 11.0 Å². The minimum absolute atomic E-state index is 0.0369. The van der Waals surface area contributed by atoms with E-state index in [1.54, 1.807) is 12.3 Å². The Kier molecular flexibility index (Phi) is 4.34. The van der Waals surface area contributed by atoms with Gasteiger partial charge in [0.15, 0.2) is 0 Å². The number of hydrogen-bond donors (Lipinski definition) is 1. The van der Waals surface area contributed by atoms with E-state index in [0.717, 1.165) is 11.4 Å². The summed E-state index contributed by atoms with van der Waals surface area (Å²) < 4.78 is 0. The molecular formula is C16H18N4. The fourth-order valence-corrected chi connectivity index (χ4v) is 2.33. The number of rotatable bonds is 4. The first-order valence-electron chi connectivity index (χ1n) is 6.53. The molecule has 1 aromatic carbocycles. The third-order valence-electron chi connectivity index (χ3n) is 3.29. The van der Waals surface area contributed by atoms with Crippen molar-refractivity contribution >= 4 is 5.69 Å². The van der Waals surface area contributed by atoms with Crippen LogP contribution >= 0.6 is 0 Å². The number of anilines is 1. The van der Waals surface area contributed by atoms with Gasteiger partial charge >= 0.3 is 0 Å². The molecule has 0 aliphatic rings. The van der Waals surface area contributed by atoms with Crippen molar-refractivity contribution in [1.82, 2.24) is 4.98 Å². The van der Waals surface area contributed by atoms with Crippen LogP contribution in [0.3, 0.4) is 0 Å². The number of nitrogens with two attached hydrogens (primary N) is 1. The highest BCUT2D eigenvalue weighted by Gasteiger charge is 2.22. The minimum atomic E-state index is -0.0827. The topological polar surface area (TPSA) is 65.9 Å². The fraction of sp³-hybridized carbons (Fsp3) is 0.250. The van der Waals surface area contributed by atoms with Gasteiger partial charge in [-0.25, -0.2) is 0 Å². The van der Waals surface area contributed by atoms with Crippen LogP contribution in [0.2, 0.25) is 0 Å². The van der Waals surface area contributed by atoms with Crippen LogP contribution in [0, 0.1) is 11.3 Å². The van der Waals surface area contributed by atoms with E-state index in [0.29, 0.717) is 5.56 Å². The average molecular weight is 266 g/mol. The summed E-state index contributed by atoms with van der Waals surface area (Å²) in [6, 6.07) is 15.3. The highest BCUT2D eigenvalue weighted by Crippen LogP contribution is 2.26. The van der Waals surface area contributed by atoms with Crippen LogP contribution in [-0.4, -0.2) is 18.1 Å². The Balaban J connectivity index is 2.37. The maximum absolute atomic E-state index is 9.00. The molecule has 2 N–H and O–H groups in total. The molecule has 0 aliphatic heterocycles. The molecule has 4 nitrogen and oxygen atoms in total. The quantitative estimate of drug-likeness (QED) is 0.923. The molecule has 2 unspecified atom stereocenters. The van der Waals surface area contributed by atoms with Crippen molar-refractivity contribution in [3.8, 4) is 6.07 Å². The van der Waals surface area contributed by atoms with E-state index < -0.39 is 0 Å². The summed E-state index contributed by atoms with van der Waals surface area (Å²) in [4.78, 5) is 6.47. The molecular weight excluding hydrogens is 248 g/mol. The maximum atomic E-state index is 9.00. The van der Waals surface area contributed by atoms with Gasteiger partial charge in [-0.05, 0) is 37.3 Å². The summed E-state index contributed by atoms with van der Waals surface area (Å²) in [7, 11) is 1.97. The third kappa shape index (κ3) is 2.95. The van der Waals surface area contributed by atoms with Crippen LogP contribution < -0.4 is 10.6 Å². The van der Waals surface area contributed by atoms with Crippen molar-refractivity contribution in [3.05, 3.63) is 59.9 Å². The standard InChI is InChI=1S/C16H18N4/c1-12(18)16(15-8-3-4-9-19-15)20(2)14-7-5-6-13(10-14)11-17/h3-10,12,16H,18H2,1-2H3. The van der Waals surface area contributed by atoms with Crippen LogP contribution in [-0.2, 0) is 0 Å². The maximum Gasteiger partial charge on any atom is 0.0992 e. The van der Waals surface area contributed by atoms with Crippen molar-refractivity contribution in [1.29, 1.82) is 5.26 Å². The Hall–Kier alpha value is -2.38. The monoisotopic (exact) mass is 266 g/mol. The summed E-state index contributed by atoms with van der Waals surface area (Å²) in [6.07, 6.45) is 1.77. The number of likely N-dealkylation sites (N-methyl/N-ethyl adjacent to an activating group) is 1. The van der Waals surface area contributed by atoms with Crippen LogP contribution in [0.25, 0.3) is 0 Å². The lowest BCUT2D eigenvalue weighted by atomic mass is 10.0. The lowest BCUT2D eigenvalue weighted by molar-refractivity contribution is 0.546. The Morgan fingerprint density at radius 3 is 2.65 bits per heavy atom. The number of benzene rings is 1. The molecule has 0 saturated carbocycles. The zero-order valence-corrected chi connectivity index (χ0v) is 11.7. The van der Waals surface area contributed by atoms with E-state index in [1.807, 2.05) is 50.4 Å². The smallest absolute Gasteiger partial charge is 0.0992 e. The molecule has 0 saturated heterocycles. The molecule has 1 aromatic heterocycles. The Morgan fingerprint density at radius 1 is 1.25 bits per heavy atom. The summed E-state index contributed by atoms with van der Waals surface area (Å²) in [5.41, 5.74) is 8.65. The molecule has 0 amide bonds. The van der Waals surface area contributed by atoms with Gasteiger partial charge in [0.05, 0.1) is 23.4 Å². The molecule has 20 heavy (non-hydrogen) atoms. The van der Waals surface area contributed by atoms with Crippen LogP contribution in [0.1, 0.15) is 24.2 Å². The zero-order chi connectivity index (χ0) is 14.5. The summed E-state index contributed by atoms with van der Waals surface area (Å²) in [6.45, 7) is 1.96. The molecule has 2 rings (SSSR count). The van der Waals surface area contributed by atoms with E-state index >= 15 is 0 Å². The van der Waals surface area contributed by atoms with Gasteiger partial charge in [0.25, 0.3) is 0 Å². The minimum Gasteiger partial charge on any atom is -0.364 e. The van der Waals surface area contributed by atoms with Crippen molar-refractivity contribution in [3.63, 3.8) is 0 Å². The first kappa shape index (κ1) is 14.0. The van der Waals surface area contributed by atoms with Gasteiger partial charge < -0.3 is 10.6 Å². The molecule has 102 valence electrons. The second-order valence-corrected chi connectivity index (χ2v) is 4.83. The van der Waals surface area contributed by atoms with Gasteiger partial charge in [-0.3, -0.25) is 4.98 Å². The Labute approximate surface area is 119 Å². The van der Waals surface area contributed by atoms with Gasteiger partial charge in [0.1, 0.15) is 0 Å². The number of pyridine rings is 1. The number of hydrogen-bond acceptors (Lipinski definition) is 4. The van der Waals surface area contributed by atoms with E-state index in [2.05, 4.69) is 16.0 Å². The van der Waals surface area contributed by atoms with E-state index in [1.165, 1.54) is 0 Å². The predicted molar refractivity (Wildman–Crippen MR) is 80.2 cm³/mol. The van der Waals surface area contributed by atoms with Crippen molar-refractivity contribution < 1.29 is 0 Å². The molecule has 4 heteroatoms. The number of nitrogens with zero attached hydrogens (tertiary/aromatic N) is 3. The van der Waals surface area contributed by atoms with Gasteiger partial charge in [0, 0.05) is 25.0 Å². The molecule has 2 atom stereocenters.